The van der Waals surface area contributed by atoms with Gasteiger partial charge in [0, 0.05) is 24.7 Å². The first-order valence-corrected chi connectivity index (χ1v) is 6.45. The van der Waals surface area contributed by atoms with Gasteiger partial charge < -0.3 is 19.9 Å². The molecule has 1 aromatic rings. The molecule has 0 aliphatic carbocycles. The lowest BCUT2D eigenvalue weighted by atomic mass is 10.3. The molecule has 1 aromatic carbocycles. The molecule has 0 radical (unpaired) electrons. The largest absolute Gasteiger partial charge is 0.491 e. The number of aliphatic hydroxyl groups is 1. The third-order valence-electron chi connectivity index (χ3n) is 2.26. The van der Waals surface area contributed by atoms with Crippen molar-refractivity contribution in [2.24, 2.45) is 0 Å². The van der Waals surface area contributed by atoms with Gasteiger partial charge in [-0.15, -0.1) is 0 Å². The van der Waals surface area contributed by atoms with Gasteiger partial charge in [-0.2, -0.15) is 0 Å². The van der Waals surface area contributed by atoms with Crippen molar-refractivity contribution < 1.29 is 14.6 Å². The molecule has 0 spiro atoms. The Labute approximate surface area is 113 Å². The normalized spacial score (nSPS) is 12.4. The van der Waals surface area contributed by atoms with Gasteiger partial charge in [-0.1, -0.05) is 11.6 Å². The van der Waals surface area contributed by atoms with Crippen LogP contribution in [0.5, 0.6) is 5.75 Å². The Morgan fingerprint density at radius 2 is 2.06 bits per heavy atom. The smallest absolute Gasteiger partial charge is 0.119 e. The number of benzene rings is 1. The fourth-order valence-electron chi connectivity index (χ4n) is 1.34. The Bertz CT molecular complexity index is 319. The minimum Gasteiger partial charge on any atom is -0.491 e. The zero-order chi connectivity index (χ0) is 13.2. The lowest BCUT2D eigenvalue weighted by Gasteiger charge is -2.13. The molecule has 0 heterocycles. The van der Waals surface area contributed by atoms with Gasteiger partial charge in [-0.05, 0) is 31.2 Å². The maximum Gasteiger partial charge on any atom is 0.119 e. The third-order valence-corrected chi connectivity index (χ3v) is 2.52. The van der Waals surface area contributed by atoms with E-state index in [1.165, 1.54) is 0 Å². The van der Waals surface area contributed by atoms with Crippen LogP contribution >= 0.6 is 11.6 Å². The van der Waals surface area contributed by atoms with Crippen molar-refractivity contribution in [1.29, 1.82) is 0 Å². The summed E-state index contributed by atoms with van der Waals surface area (Å²) in [6.07, 6.45) is -0.540. The Morgan fingerprint density at radius 1 is 1.33 bits per heavy atom. The predicted octanol–water partition coefficient (Wildman–Crippen LogP) is 1.71. The van der Waals surface area contributed by atoms with Crippen molar-refractivity contribution in [2.45, 2.75) is 13.0 Å². The van der Waals surface area contributed by atoms with Crippen LogP contribution < -0.4 is 10.1 Å². The van der Waals surface area contributed by atoms with Crippen LogP contribution in [0.2, 0.25) is 5.02 Å². The Hall–Kier alpha value is -0.810. The van der Waals surface area contributed by atoms with Gasteiger partial charge in [0.15, 0.2) is 0 Å². The average Bonchev–Trinajstić information content (AvgIpc) is 2.38. The monoisotopic (exact) mass is 273 g/mol. The molecule has 0 saturated heterocycles. The van der Waals surface area contributed by atoms with Crippen LogP contribution in [-0.2, 0) is 4.74 Å². The number of ether oxygens (including phenoxy) is 2. The second kappa shape index (κ2) is 9.16. The van der Waals surface area contributed by atoms with E-state index in [4.69, 9.17) is 21.1 Å². The van der Waals surface area contributed by atoms with Gasteiger partial charge in [0.2, 0.25) is 0 Å². The van der Waals surface area contributed by atoms with Gasteiger partial charge in [0.05, 0.1) is 6.61 Å². The molecule has 2 N–H and O–H groups in total. The summed E-state index contributed by atoms with van der Waals surface area (Å²) in [5.41, 5.74) is 0. The summed E-state index contributed by atoms with van der Waals surface area (Å²) < 4.78 is 10.6. The fourth-order valence-corrected chi connectivity index (χ4v) is 1.47. The molecule has 1 atom stereocenters. The van der Waals surface area contributed by atoms with Gasteiger partial charge >= 0.3 is 0 Å². The van der Waals surface area contributed by atoms with Crippen LogP contribution in [0.4, 0.5) is 0 Å². The van der Waals surface area contributed by atoms with E-state index in [0.717, 1.165) is 6.54 Å². The van der Waals surface area contributed by atoms with Crippen LogP contribution in [0.1, 0.15) is 6.92 Å². The van der Waals surface area contributed by atoms with Crippen molar-refractivity contribution in [2.75, 3.05) is 32.9 Å². The minimum absolute atomic E-state index is 0.253. The van der Waals surface area contributed by atoms with E-state index >= 15 is 0 Å². The molecule has 0 aliphatic heterocycles. The molecule has 5 heteroatoms. The molecule has 0 amide bonds. The zero-order valence-corrected chi connectivity index (χ0v) is 11.3. The van der Waals surface area contributed by atoms with Gasteiger partial charge in [-0.25, -0.2) is 0 Å². The summed E-state index contributed by atoms with van der Waals surface area (Å²) in [5, 5.41) is 13.4. The molecular weight excluding hydrogens is 254 g/mol. The highest BCUT2D eigenvalue weighted by Crippen LogP contribution is 2.15. The van der Waals surface area contributed by atoms with E-state index < -0.39 is 6.10 Å². The molecule has 4 nitrogen and oxygen atoms in total. The first-order valence-electron chi connectivity index (χ1n) is 6.07. The zero-order valence-electron chi connectivity index (χ0n) is 10.6. The summed E-state index contributed by atoms with van der Waals surface area (Å²) >= 11 is 5.76. The van der Waals surface area contributed by atoms with E-state index in [1.807, 2.05) is 6.92 Å². The van der Waals surface area contributed by atoms with Gasteiger partial charge in [-0.3, -0.25) is 0 Å². The molecule has 0 saturated carbocycles. The van der Waals surface area contributed by atoms with Gasteiger partial charge in [0.1, 0.15) is 18.5 Å². The molecular formula is C13H20ClNO3. The van der Waals surface area contributed by atoms with E-state index in [0.29, 0.717) is 30.5 Å². The third kappa shape index (κ3) is 6.81. The molecule has 18 heavy (non-hydrogen) atoms. The van der Waals surface area contributed by atoms with Crippen LogP contribution in [0.3, 0.4) is 0 Å². The molecule has 1 rings (SSSR count). The average molecular weight is 274 g/mol. The molecule has 0 aromatic heterocycles. The topological polar surface area (TPSA) is 50.7 Å². The summed E-state index contributed by atoms with van der Waals surface area (Å²) in [6.45, 7) is 4.79. The van der Waals surface area contributed by atoms with Gasteiger partial charge in [0.25, 0.3) is 0 Å². The SMILES string of the molecule is CCOCCNCC(O)COc1ccc(Cl)cc1. The van der Waals surface area contributed by atoms with Crippen molar-refractivity contribution in [1.82, 2.24) is 5.32 Å². The Kier molecular flexibility index (Phi) is 7.76. The van der Waals surface area contributed by atoms with Crippen molar-refractivity contribution >= 4 is 11.6 Å². The Morgan fingerprint density at radius 3 is 2.72 bits per heavy atom. The first-order chi connectivity index (χ1) is 8.72. The number of aliphatic hydroxyl groups excluding tert-OH is 1. The number of halogens is 1. The highest BCUT2D eigenvalue weighted by atomic mass is 35.5. The summed E-state index contributed by atoms with van der Waals surface area (Å²) in [6, 6.07) is 7.06. The summed E-state index contributed by atoms with van der Waals surface area (Å²) in [7, 11) is 0. The standard InChI is InChI=1S/C13H20ClNO3/c1-2-17-8-7-15-9-12(16)10-18-13-5-3-11(14)4-6-13/h3-6,12,15-16H,2,7-10H2,1H3. The second-order valence-electron chi connectivity index (χ2n) is 3.82. The van der Waals surface area contributed by atoms with Crippen LogP contribution in [0, 0.1) is 0 Å². The fraction of sp³-hybridized carbons (Fsp3) is 0.538. The first kappa shape index (κ1) is 15.2. The van der Waals surface area contributed by atoms with E-state index in [1.54, 1.807) is 24.3 Å². The molecule has 1 unspecified atom stereocenters. The number of hydrogen-bond acceptors (Lipinski definition) is 4. The Balaban J connectivity index is 2.09. The molecule has 0 fully saturated rings. The van der Waals surface area contributed by atoms with E-state index in [9.17, 15) is 5.11 Å². The number of nitrogens with one attached hydrogen (secondary N) is 1. The summed E-state index contributed by atoms with van der Waals surface area (Å²) in [4.78, 5) is 0. The summed E-state index contributed by atoms with van der Waals surface area (Å²) in [5.74, 6) is 0.702. The van der Waals surface area contributed by atoms with E-state index in [2.05, 4.69) is 5.32 Å². The molecule has 0 bridgehead atoms. The maximum atomic E-state index is 9.67. The van der Waals surface area contributed by atoms with Crippen molar-refractivity contribution in [3.05, 3.63) is 29.3 Å². The second-order valence-corrected chi connectivity index (χ2v) is 4.26. The van der Waals surface area contributed by atoms with E-state index in [-0.39, 0.29) is 6.61 Å². The van der Waals surface area contributed by atoms with Crippen LogP contribution in [0.25, 0.3) is 0 Å². The lowest BCUT2D eigenvalue weighted by Crippen LogP contribution is -2.33. The number of rotatable bonds is 9. The molecule has 0 aliphatic rings. The van der Waals surface area contributed by atoms with Crippen molar-refractivity contribution in [3.8, 4) is 5.75 Å². The highest BCUT2D eigenvalue weighted by molar-refractivity contribution is 6.30. The lowest BCUT2D eigenvalue weighted by molar-refractivity contribution is 0.100. The highest BCUT2D eigenvalue weighted by Gasteiger charge is 2.04. The van der Waals surface area contributed by atoms with Crippen LogP contribution in [-0.4, -0.2) is 44.1 Å². The minimum atomic E-state index is -0.540. The maximum absolute atomic E-state index is 9.67. The predicted molar refractivity (Wildman–Crippen MR) is 72.3 cm³/mol. The van der Waals surface area contributed by atoms with Crippen molar-refractivity contribution in [3.63, 3.8) is 0 Å². The number of hydrogen-bond donors (Lipinski definition) is 2. The van der Waals surface area contributed by atoms with Crippen LogP contribution in [0.15, 0.2) is 24.3 Å². The molecule has 102 valence electrons. The quantitative estimate of drug-likeness (QED) is 0.673.